The molecule has 23 heavy (non-hydrogen) atoms. The smallest absolute Gasteiger partial charge is 0.287 e. The summed E-state index contributed by atoms with van der Waals surface area (Å²) >= 11 is 0. The average Bonchev–Trinajstić information content (AvgIpc) is 3.09. The van der Waals surface area contributed by atoms with E-state index in [1.54, 1.807) is 26.4 Å². The highest BCUT2D eigenvalue weighted by molar-refractivity contribution is 5.91. The first-order valence-electron chi connectivity index (χ1n) is 7.29. The minimum atomic E-state index is -0.262. The summed E-state index contributed by atoms with van der Waals surface area (Å²) in [7, 11) is 3.20. The van der Waals surface area contributed by atoms with Crippen LogP contribution in [0.3, 0.4) is 0 Å². The van der Waals surface area contributed by atoms with Gasteiger partial charge in [-0.15, -0.1) is 0 Å². The molecule has 1 atom stereocenters. The second-order valence-electron chi connectivity index (χ2n) is 4.92. The first-order chi connectivity index (χ1) is 11.2. The maximum Gasteiger partial charge on any atom is 0.287 e. The van der Waals surface area contributed by atoms with Crippen LogP contribution in [0.2, 0.25) is 0 Å². The zero-order valence-corrected chi connectivity index (χ0v) is 13.5. The highest BCUT2D eigenvalue weighted by Gasteiger charge is 2.15. The summed E-state index contributed by atoms with van der Waals surface area (Å²) in [5.74, 6) is 1.26. The van der Waals surface area contributed by atoms with E-state index in [1.807, 2.05) is 25.1 Å². The Morgan fingerprint density at radius 2 is 2.04 bits per heavy atom. The zero-order valence-electron chi connectivity index (χ0n) is 13.5. The molecule has 0 bridgehead atoms. The fourth-order valence-electron chi connectivity index (χ4n) is 2.07. The van der Waals surface area contributed by atoms with Crippen molar-refractivity contribution in [3.05, 3.63) is 47.9 Å². The van der Waals surface area contributed by atoms with Gasteiger partial charge in [-0.3, -0.25) is 4.79 Å². The molecule has 0 aliphatic heterocycles. The molecule has 2 aromatic rings. The molecule has 1 N–H and O–H groups in total. The summed E-state index contributed by atoms with van der Waals surface area (Å²) in [4.78, 5) is 12.0. The fraction of sp³-hybridized carbons (Fsp3) is 0.353. The van der Waals surface area contributed by atoms with Crippen molar-refractivity contribution in [1.29, 1.82) is 0 Å². The van der Waals surface area contributed by atoms with E-state index < -0.39 is 0 Å². The molecular formula is C17H21NO5. The predicted octanol–water partition coefficient (Wildman–Crippen LogP) is 2.80. The van der Waals surface area contributed by atoms with Crippen molar-refractivity contribution in [3.8, 4) is 11.5 Å². The number of furan rings is 1. The maximum atomic E-state index is 12.0. The molecule has 2 rings (SSSR count). The van der Waals surface area contributed by atoms with Crippen LogP contribution in [0.25, 0.3) is 0 Å². The van der Waals surface area contributed by atoms with E-state index in [0.717, 1.165) is 5.56 Å². The van der Waals surface area contributed by atoms with Gasteiger partial charge < -0.3 is 23.9 Å². The number of carbonyl (C=O) groups excluding carboxylic acids is 1. The number of benzene rings is 1. The Bertz CT molecular complexity index is 624. The molecule has 0 spiro atoms. The monoisotopic (exact) mass is 319 g/mol. The van der Waals surface area contributed by atoms with E-state index in [1.165, 1.54) is 6.26 Å². The van der Waals surface area contributed by atoms with E-state index >= 15 is 0 Å². The third kappa shape index (κ3) is 4.50. The molecule has 0 saturated carbocycles. The van der Waals surface area contributed by atoms with Crippen LogP contribution in [0, 0.1) is 0 Å². The lowest BCUT2D eigenvalue weighted by Gasteiger charge is -2.16. The van der Waals surface area contributed by atoms with Gasteiger partial charge in [-0.05, 0) is 36.8 Å². The molecule has 1 aromatic carbocycles. The van der Waals surface area contributed by atoms with E-state index in [2.05, 4.69) is 5.32 Å². The maximum absolute atomic E-state index is 12.0. The van der Waals surface area contributed by atoms with Crippen molar-refractivity contribution in [2.45, 2.75) is 13.0 Å². The summed E-state index contributed by atoms with van der Waals surface area (Å²) in [6, 6.07) is 8.64. The molecule has 0 aliphatic carbocycles. The van der Waals surface area contributed by atoms with Gasteiger partial charge in [0.05, 0.1) is 26.0 Å². The van der Waals surface area contributed by atoms with Gasteiger partial charge >= 0.3 is 0 Å². The van der Waals surface area contributed by atoms with Crippen molar-refractivity contribution in [2.24, 2.45) is 0 Å². The number of ether oxygens (including phenoxy) is 3. The van der Waals surface area contributed by atoms with Gasteiger partial charge in [0.2, 0.25) is 0 Å². The molecule has 1 unspecified atom stereocenters. The highest BCUT2D eigenvalue weighted by Crippen LogP contribution is 2.30. The Balaban J connectivity index is 2.05. The number of hydrogen-bond acceptors (Lipinski definition) is 5. The summed E-state index contributed by atoms with van der Waals surface area (Å²) in [6.45, 7) is 2.83. The van der Waals surface area contributed by atoms with Crippen molar-refractivity contribution >= 4 is 5.91 Å². The van der Waals surface area contributed by atoms with E-state index in [9.17, 15) is 4.79 Å². The van der Waals surface area contributed by atoms with Gasteiger partial charge in [0.25, 0.3) is 5.91 Å². The van der Waals surface area contributed by atoms with Crippen LogP contribution in [-0.2, 0) is 4.74 Å². The van der Waals surface area contributed by atoms with Gasteiger partial charge in [-0.25, -0.2) is 0 Å². The third-order valence-corrected chi connectivity index (χ3v) is 3.33. The average molecular weight is 319 g/mol. The molecule has 6 nitrogen and oxygen atoms in total. The van der Waals surface area contributed by atoms with Crippen LogP contribution in [-0.4, -0.2) is 33.3 Å². The molecule has 124 valence electrons. The number of amides is 1. The molecule has 0 fully saturated rings. The summed E-state index contributed by atoms with van der Waals surface area (Å²) in [6.07, 6.45) is 1.47. The molecule has 1 heterocycles. The molecule has 1 amide bonds. The van der Waals surface area contributed by atoms with Crippen LogP contribution in [0.15, 0.2) is 41.0 Å². The lowest BCUT2D eigenvalue weighted by Crippen LogP contribution is -2.26. The van der Waals surface area contributed by atoms with Gasteiger partial charge in [0.1, 0.15) is 6.61 Å². The lowest BCUT2D eigenvalue weighted by atomic mass is 10.1. The molecule has 0 saturated heterocycles. The van der Waals surface area contributed by atoms with Crippen LogP contribution in [0.5, 0.6) is 11.5 Å². The molecular weight excluding hydrogens is 298 g/mol. The van der Waals surface area contributed by atoms with E-state index in [4.69, 9.17) is 18.6 Å². The van der Waals surface area contributed by atoms with Crippen molar-refractivity contribution < 1.29 is 23.4 Å². The first-order valence-corrected chi connectivity index (χ1v) is 7.29. The second kappa shape index (κ2) is 8.24. The Hall–Kier alpha value is -2.47. The van der Waals surface area contributed by atoms with Crippen molar-refractivity contribution in [1.82, 2.24) is 5.32 Å². The SMILES string of the molecule is COCCOc1ccc(C(C)NC(=O)c2ccco2)cc1OC. The third-order valence-electron chi connectivity index (χ3n) is 3.33. The summed E-state index contributed by atoms with van der Waals surface area (Å²) in [5, 5.41) is 2.87. The fourth-order valence-corrected chi connectivity index (χ4v) is 2.07. The Morgan fingerprint density at radius 1 is 1.22 bits per heavy atom. The lowest BCUT2D eigenvalue weighted by molar-refractivity contribution is 0.0912. The minimum absolute atomic E-state index is 0.200. The van der Waals surface area contributed by atoms with E-state index in [-0.39, 0.29) is 17.7 Å². The van der Waals surface area contributed by atoms with Gasteiger partial charge in [0.15, 0.2) is 17.3 Å². The minimum Gasteiger partial charge on any atom is -0.493 e. The van der Waals surface area contributed by atoms with Crippen LogP contribution < -0.4 is 14.8 Å². The second-order valence-corrected chi connectivity index (χ2v) is 4.92. The van der Waals surface area contributed by atoms with Crippen LogP contribution in [0.4, 0.5) is 0 Å². The van der Waals surface area contributed by atoms with Gasteiger partial charge in [-0.1, -0.05) is 6.07 Å². The van der Waals surface area contributed by atoms with Crippen molar-refractivity contribution in [3.63, 3.8) is 0 Å². The highest BCUT2D eigenvalue weighted by atomic mass is 16.5. The number of rotatable bonds is 8. The Morgan fingerprint density at radius 3 is 2.70 bits per heavy atom. The molecule has 1 aromatic heterocycles. The number of carbonyl (C=O) groups is 1. The largest absolute Gasteiger partial charge is 0.493 e. The zero-order chi connectivity index (χ0) is 16.7. The molecule has 0 radical (unpaired) electrons. The van der Waals surface area contributed by atoms with Crippen LogP contribution >= 0.6 is 0 Å². The quantitative estimate of drug-likeness (QED) is 0.758. The molecule has 6 heteroatoms. The van der Waals surface area contributed by atoms with Gasteiger partial charge in [0, 0.05) is 7.11 Å². The predicted molar refractivity (Wildman–Crippen MR) is 85.0 cm³/mol. The standard InChI is InChI=1S/C17H21NO5/c1-12(18-17(19)15-5-4-8-22-15)13-6-7-14(16(11-13)21-3)23-10-9-20-2/h4-8,11-12H,9-10H2,1-3H3,(H,18,19). The number of hydrogen-bond donors (Lipinski definition) is 1. The Kier molecular flexibility index (Phi) is 6.05. The summed E-state index contributed by atoms with van der Waals surface area (Å²) < 4.78 is 21.0. The normalized spacial score (nSPS) is 11.8. The Labute approximate surface area is 135 Å². The van der Waals surface area contributed by atoms with Crippen LogP contribution in [0.1, 0.15) is 29.1 Å². The van der Waals surface area contributed by atoms with Crippen molar-refractivity contribution in [2.75, 3.05) is 27.4 Å². The number of nitrogens with one attached hydrogen (secondary N) is 1. The molecule has 0 aliphatic rings. The van der Waals surface area contributed by atoms with E-state index in [0.29, 0.717) is 24.7 Å². The topological polar surface area (TPSA) is 69.9 Å². The number of methoxy groups -OCH3 is 2. The first kappa shape index (κ1) is 16.9. The summed E-state index contributed by atoms with van der Waals surface area (Å²) in [5.41, 5.74) is 0.904. The van der Waals surface area contributed by atoms with Gasteiger partial charge in [-0.2, -0.15) is 0 Å².